The Hall–Kier alpha value is -3.06. The van der Waals surface area contributed by atoms with Crippen molar-refractivity contribution in [3.05, 3.63) is 19.0 Å². The van der Waals surface area contributed by atoms with Crippen molar-refractivity contribution in [2.45, 2.75) is 92.6 Å². The molecule has 14 nitrogen and oxygen atoms in total. The van der Waals surface area contributed by atoms with Crippen molar-refractivity contribution >= 4 is 42.3 Å². The topological polar surface area (TPSA) is 185 Å². The molecule has 2 atom stereocenters. The van der Waals surface area contributed by atoms with Gasteiger partial charge in [-0.1, -0.05) is 27.4 Å². The Balaban J connectivity index is 0.00000840. The highest BCUT2D eigenvalue weighted by Crippen LogP contribution is 2.38. The van der Waals surface area contributed by atoms with Crippen LogP contribution >= 0.6 is 7.44 Å². The number of hydrogen-bond donors (Lipinski definition) is 4. The number of nitrogens with two attached hydrogens (primary N) is 1. The van der Waals surface area contributed by atoms with Gasteiger partial charge in [0.1, 0.15) is 18.4 Å². The van der Waals surface area contributed by atoms with E-state index in [1.54, 1.807) is 58.5 Å². The molecule has 0 saturated heterocycles. The van der Waals surface area contributed by atoms with Gasteiger partial charge < -0.3 is 29.8 Å². The Morgan fingerprint density at radius 2 is 1.63 bits per heavy atom. The average Bonchev–Trinajstić information content (AvgIpc) is 3.28. The molecule has 0 saturated carbocycles. The summed E-state index contributed by atoms with van der Waals surface area (Å²) in [7, 11) is -3.66. The lowest BCUT2D eigenvalue weighted by atomic mass is 10.2. The molecule has 5 N–H and O–H groups in total. The van der Waals surface area contributed by atoms with Gasteiger partial charge in [0.05, 0.1) is 25.1 Å². The quantitative estimate of drug-likeness (QED) is 0.0847. The zero-order chi connectivity index (χ0) is 29.9. The van der Waals surface area contributed by atoms with E-state index in [1.807, 2.05) is 0 Å². The van der Waals surface area contributed by atoms with Crippen LogP contribution in [0.15, 0.2) is 19.0 Å². The summed E-state index contributed by atoms with van der Waals surface area (Å²) in [6.45, 7) is 15.1. The summed E-state index contributed by atoms with van der Waals surface area (Å²) in [4.78, 5) is 38.1. The summed E-state index contributed by atoms with van der Waals surface area (Å²) in [6, 6.07) is -1.75. The van der Waals surface area contributed by atoms with Crippen LogP contribution in [0.25, 0.3) is 11.2 Å². The Morgan fingerprint density at radius 1 is 1.07 bits per heavy atom. The van der Waals surface area contributed by atoms with Gasteiger partial charge in [0.15, 0.2) is 17.0 Å². The summed E-state index contributed by atoms with van der Waals surface area (Å²) in [5, 5.41) is 8.84. The molecule has 0 amide bonds. The van der Waals surface area contributed by atoms with Gasteiger partial charge in [-0.2, -0.15) is 9.97 Å². The number of imidazole rings is 1. The van der Waals surface area contributed by atoms with Gasteiger partial charge in [-0.25, -0.2) is 15.2 Å². The molecule has 2 aromatic rings. The van der Waals surface area contributed by atoms with Crippen molar-refractivity contribution in [3.63, 3.8) is 0 Å². The molecule has 2 heterocycles. The van der Waals surface area contributed by atoms with Gasteiger partial charge >= 0.3 is 11.9 Å². The SMILES string of the molecule is C.C=CCNc1nc(N)nc2c1ncn2CCOCP(=O)(NC(CC)C(=O)OC(C)C)NC(CC)C(=O)OC(C)C. The smallest absolute Gasteiger partial charge is 0.323 e. The first-order valence-corrected chi connectivity index (χ1v) is 15.3. The van der Waals surface area contributed by atoms with Crippen LogP contribution in [-0.4, -0.2) is 75.2 Å². The number of nitrogens with zero attached hydrogens (tertiary/aromatic N) is 4. The number of esters is 2. The van der Waals surface area contributed by atoms with Crippen LogP contribution in [0, 0.1) is 0 Å². The monoisotopic (exact) mass is 598 g/mol. The van der Waals surface area contributed by atoms with Gasteiger partial charge in [-0.3, -0.25) is 14.2 Å². The number of anilines is 2. The van der Waals surface area contributed by atoms with Crippen molar-refractivity contribution in [3.8, 4) is 0 Å². The Morgan fingerprint density at radius 3 is 2.12 bits per heavy atom. The first kappa shape index (κ1) is 36.0. The lowest BCUT2D eigenvalue weighted by molar-refractivity contribution is -0.150. The number of nitrogens with one attached hydrogen (secondary N) is 3. The summed E-state index contributed by atoms with van der Waals surface area (Å²) in [5.74, 6) is -0.518. The van der Waals surface area contributed by atoms with E-state index in [1.165, 1.54) is 0 Å². The van der Waals surface area contributed by atoms with Crippen molar-refractivity contribution < 1.29 is 28.4 Å². The average molecular weight is 599 g/mol. The van der Waals surface area contributed by atoms with E-state index in [0.29, 0.717) is 42.9 Å². The second-order valence-corrected chi connectivity index (χ2v) is 11.9. The van der Waals surface area contributed by atoms with Crippen molar-refractivity contribution in [1.82, 2.24) is 29.7 Å². The van der Waals surface area contributed by atoms with Gasteiger partial charge in [0, 0.05) is 13.1 Å². The molecule has 0 aliphatic heterocycles. The Kier molecular flexibility index (Phi) is 14.9. The highest BCUT2D eigenvalue weighted by atomic mass is 31.2. The number of carbonyl (C=O) groups excluding carboxylic acids is 2. The number of carbonyl (C=O) groups is 2. The minimum absolute atomic E-state index is 0. The highest BCUT2D eigenvalue weighted by Gasteiger charge is 2.34. The number of rotatable bonds is 18. The lowest BCUT2D eigenvalue weighted by Gasteiger charge is -2.28. The van der Waals surface area contributed by atoms with Crippen LogP contribution in [0.1, 0.15) is 61.8 Å². The second kappa shape index (κ2) is 17.0. The van der Waals surface area contributed by atoms with E-state index < -0.39 is 31.5 Å². The molecule has 0 bridgehead atoms. The summed E-state index contributed by atoms with van der Waals surface area (Å²) < 4.78 is 32.2. The number of aromatic nitrogens is 4. The molecule has 0 fully saturated rings. The first-order valence-electron chi connectivity index (χ1n) is 13.4. The zero-order valence-electron chi connectivity index (χ0n) is 24.2. The Bertz CT molecular complexity index is 1150. The van der Waals surface area contributed by atoms with Gasteiger partial charge in [0.25, 0.3) is 0 Å². The maximum absolute atomic E-state index is 14.1. The molecule has 0 aromatic carbocycles. The van der Waals surface area contributed by atoms with E-state index in [9.17, 15) is 14.2 Å². The fraction of sp³-hybridized carbons (Fsp3) is 0.654. The maximum atomic E-state index is 14.1. The molecular formula is C26H47N8O6P. The van der Waals surface area contributed by atoms with Gasteiger partial charge in [-0.15, -0.1) is 6.58 Å². The molecule has 2 rings (SSSR count). The lowest BCUT2D eigenvalue weighted by Crippen LogP contribution is -2.45. The number of hydrogen-bond acceptors (Lipinski definition) is 11. The summed E-state index contributed by atoms with van der Waals surface area (Å²) >= 11 is 0. The van der Waals surface area contributed by atoms with Gasteiger partial charge in [0.2, 0.25) is 13.4 Å². The third-order valence-electron chi connectivity index (χ3n) is 5.46. The summed E-state index contributed by atoms with van der Waals surface area (Å²) in [5.41, 5.74) is 6.92. The summed E-state index contributed by atoms with van der Waals surface area (Å²) in [6.07, 6.45) is 2.91. The van der Waals surface area contributed by atoms with Crippen LogP contribution in [-0.2, 0) is 34.9 Å². The molecule has 41 heavy (non-hydrogen) atoms. The Labute approximate surface area is 242 Å². The van der Waals surface area contributed by atoms with E-state index in [4.69, 9.17) is 19.9 Å². The largest absolute Gasteiger partial charge is 0.462 e. The van der Waals surface area contributed by atoms with Crippen LogP contribution in [0.2, 0.25) is 0 Å². The fourth-order valence-electron chi connectivity index (χ4n) is 3.64. The fourth-order valence-corrected chi connectivity index (χ4v) is 5.83. The van der Waals surface area contributed by atoms with Crippen LogP contribution in [0.3, 0.4) is 0 Å². The minimum atomic E-state index is -3.66. The van der Waals surface area contributed by atoms with Crippen molar-refractivity contribution in [1.29, 1.82) is 0 Å². The molecular weight excluding hydrogens is 551 g/mol. The highest BCUT2D eigenvalue weighted by molar-refractivity contribution is 7.59. The van der Waals surface area contributed by atoms with Crippen molar-refractivity contribution in [2.75, 3.05) is 30.6 Å². The molecule has 0 aliphatic carbocycles. The molecule has 2 unspecified atom stereocenters. The molecule has 0 radical (unpaired) electrons. The maximum Gasteiger partial charge on any atom is 0.323 e. The van der Waals surface area contributed by atoms with Crippen LogP contribution in [0.4, 0.5) is 11.8 Å². The normalized spacial score (nSPS) is 14.2. The standard InChI is InChI=1S/C25H43N8O6P.CH4/c1-8-11-27-21-20-22(30-25(26)29-21)33(14-28-20)12-13-37-15-40(36,31-18(9-2)23(34)38-16(4)5)32-19(10-3)24(35)39-17(6)7;/h8,14,16-19H,1,9-13,15H2,2-7H3,(H2,31,32,36)(H3,26,27,29,30);1H4. The van der Waals surface area contributed by atoms with Crippen LogP contribution in [0.5, 0.6) is 0 Å². The number of fused-ring (bicyclic) bond motifs is 1. The second-order valence-electron chi connectivity index (χ2n) is 9.64. The molecule has 232 valence electrons. The predicted octanol–water partition coefficient (Wildman–Crippen LogP) is 3.45. The predicted molar refractivity (Wildman–Crippen MR) is 160 cm³/mol. The number of ether oxygens (including phenoxy) is 3. The molecule has 0 spiro atoms. The van der Waals surface area contributed by atoms with E-state index >= 15 is 0 Å². The molecule has 15 heteroatoms. The van der Waals surface area contributed by atoms with Gasteiger partial charge in [-0.05, 0) is 40.5 Å². The third kappa shape index (κ3) is 11.0. The van der Waals surface area contributed by atoms with Crippen molar-refractivity contribution in [2.24, 2.45) is 0 Å². The van der Waals surface area contributed by atoms with E-state index in [-0.39, 0.29) is 38.5 Å². The number of nitrogen functional groups attached to an aromatic ring is 1. The minimum Gasteiger partial charge on any atom is -0.462 e. The molecule has 2 aromatic heterocycles. The van der Waals surface area contributed by atoms with E-state index in [2.05, 4.69) is 37.0 Å². The van der Waals surface area contributed by atoms with E-state index in [0.717, 1.165) is 0 Å². The molecule has 0 aliphatic rings. The zero-order valence-corrected chi connectivity index (χ0v) is 25.1. The first-order chi connectivity index (χ1) is 18.9. The third-order valence-corrected chi connectivity index (χ3v) is 7.47. The van der Waals surface area contributed by atoms with Crippen LogP contribution < -0.4 is 21.2 Å².